The van der Waals surface area contributed by atoms with Gasteiger partial charge in [-0.25, -0.2) is 0 Å². The minimum absolute atomic E-state index is 0. The monoisotopic (exact) mass is 459 g/mol. The second-order valence-corrected chi connectivity index (χ2v) is 7.03. The number of anilines is 1. The zero-order valence-electron chi connectivity index (χ0n) is 15.2. The maximum atomic E-state index is 6.19. The topological polar surface area (TPSA) is 68.9 Å². The molecule has 2 aliphatic rings. The third-order valence-electron chi connectivity index (χ3n) is 5.02. The van der Waals surface area contributed by atoms with E-state index in [1.54, 1.807) is 0 Å². The number of aryl methyl sites for hydroxylation is 2. The molecular formula is C19H30IN3O2. The van der Waals surface area contributed by atoms with Crippen LogP contribution >= 0.6 is 24.0 Å². The van der Waals surface area contributed by atoms with Crippen LogP contribution in [0.3, 0.4) is 0 Å². The molecule has 0 bridgehead atoms. The summed E-state index contributed by atoms with van der Waals surface area (Å²) in [6.45, 7) is 5.33. The number of nitrogens with two attached hydrogens (primary N) is 1. The zero-order chi connectivity index (χ0) is 17.0. The Morgan fingerprint density at radius 1 is 1.20 bits per heavy atom. The van der Waals surface area contributed by atoms with Crippen molar-refractivity contribution in [2.24, 2.45) is 10.7 Å². The highest BCUT2D eigenvalue weighted by molar-refractivity contribution is 14.0. The summed E-state index contributed by atoms with van der Waals surface area (Å²) in [4.78, 5) is 4.43. The first kappa shape index (κ1) is 20.5. The van der Waals surface area contributed by atoms with Crippen molar-refractivity contribution in [1.82, 2.24) is 0 Å². The molecule has 140 valence electrons. The summed E-state index contributed by atoms with van der Waals surface area (Å²) in [5, 5.41) is 3.15. The van der Waals surface area contributed by atoms with Crippen molar-refractivity contribution in [1.29, 1.82) is 0 Å². The van der Waals surface area contributed by atoms with Gasteiger partial charge in [0.2, 0.25) is 0 Å². The number of hydrogen-bond donors (Lipinski definition) is 2. The number of guanidine groups is 1. The van der Waals surface area contributed by atoms with Crippen LogP contribution in [0.15, 0.2) is 23.2 Å². The van der Waals surface area contributed by atoms with Crippen LogP contribution < -0.4 is 11.1 Å². The van der Waals surface area contributed by atoms with Gasteiger partial charge >= 0.3 is 0 Å². The van der Waals surface area contributed by atoms with Crippen molar-refractivity contribution in [3.63, 3.8) is 0 Å². The fourth-order valence-corrected chi connectivity index (χ4v) is 3.44. The number of halogens is 1. The van der Waals surface area contributed by atoms with Crippen LogP contribution in [0.2, 0.25) is 0 Å². The predicted molar refractivity (Wildman–Crippen MR) is 113 cm³/mol. The molecule has 1 atom stereocenters. The number of nitrogens with zero attached hydrogens (tertiary/aromatic N) is 1. The van der Waals surface area contributed by atoms with E-state index in [2.05, 4.69) is 36.3 Å². The van der Waals surface area contributed by atoms with Crippen molar-refractivity contribution in [3.8, 4) is 0 Å². The van der Waals surface area contributed by atoms with Gasteiger partial charge in [0, 0.05) is 18.5 Å². The second kappa shape index (κ2) is 9.19. The normalized spacial score (nSPS) is 23.1. The van der Waals surface area contributed by atoms with E-state index in [0.717, 1.165) is 18.5 Å². The summed E-state index contributed by atoms with van der Waals surface area (Å²) in [7, 11) is 0. The van der Waals surface area contributed by atoms with Crippen LogP contribution in [0.25, 0.3) is 0 Å². The van der Waals surface area contributed by atoms with Crippen molar-refractivity contribution in [2.45, 2.75) is 64.3 Å². The Kier molecular flexibility index (Phi) is 7.51. The van der Waals surface area contributed by atoms with E-state index in [1.807, 2.05) is 6.07 Å². The highest BCUT2D eigenvalue weighted by Gasteiger charge is 2.41. The Balaban J connectivity index is 0.00000225. The first-order chi connectivity index (χ1) is 11.6. The van der Waals surface area contributed by atoms with Crippen LogP contribution in [0, 0.1) is 13.8 Å². The molecule has 1 aromatic carbocycles. The first-order valence-electron chi connectivity index (χ1n) is 9.02. The molecule has 3 rings (SSSR count). The molecule has 1 aliphatic carbocycles. The second-order valence-electron chi connectivity index (χ2n) is 7.03. The van der Waals surface area contributed by atoms with Gasteiger partial charge < -0.3 is 20.5 Å². The van der Waals surface area contributed by atoms with E-state index in [9.17, 15) is 0 Å². The molecule has 1 unspecified atom stereocenters. The molecule has 2 fully saturated rings. The maximum Gasteiger partial charge on any atom is 0.193 e. The average molecular weight is 459 g/mol. The van der Waals surface area contributed by atoms with Gasteiger partial charge in [0.05, 0.1) is 13.2 Å². The summed E-state index contributed by atoms with van der Waals surface area (Å²) in [6, 6.07) is 6.17. The fourth-order valence-electron chi connectivity index (χ4n) is 3.44. The van der Waals surface area contributed by atoms with Crippen molar-refractivity contribution in [2.75, 3.05) is 18.5 Å². The lowest BCUT2D eigenvalue weighted by Gasteiger charge is -2.26. The van der Waals surface area contributed by atoms with Crippen LogP contribution in [0.1, 0.15) is 49.7 Å². The molecule has 1 saturated carbocycles. The van der Waals surface area contributed by atoms with E-state index in [1.165, 1.54) is 36.8 Å². The summed E-state index contributed by atoms with van der Waals surface area (Å²) in [5.74, 6) is 0.0658. The highest BCUT2D eigenvalue weighted by Crippen LogP contribution is 2.36. The molecule has 3 N–H and O–H groups in total. The van der Waals surface area contributed by atoms with Crippen molar-refractivity contribution < 1.29 is 9.47 Å². The number of hydrogen-bond acceptors (Lipinski definition) is 3. The van der Waals surface area contributed by atoms with E-state index in [-0.39, 0.29) is 35.9 Å². The Hall–Kier alpha value is -0.860. The number of rotatable bonds is 3. The van der Waals surface area contributed by atoms with Gasteiger partial charge in [0.1, 0.15) is 6.10 Å². The van der Waals surface area contributed by atoms with Gasteiger partial charge in [0.15, 0.2) is 11.7 Å². The third kappa shape index (κ3) is 5.56. The van der Waals surface area contributed by atoms with Gasteiger partial charge in [0.25, 0.3) is 0 Å². The van der Waals surface area contributed by atoms with Gasteiger partial charge in [-0.2, -0.15) is 0 Å². The molecule has 1 aromatic rings. The van der Waals surface area contributed by atoms with E-state index >= 15 is 0 Å². The first-order valence-corrected chi connectivity index (χ1v) is 9.02. The quantitative estimate of drug-likeness (QED) is 0.406. The highest BCUT2D eigenvalue weighted by atomic mass is 127. The molecule has 1 spiro atoms. The lowest BCUT2D eigenvalue weighted by atomic mass is 10.1. The number of nitrogens with one attached hydrogen (secondary N) is 1. The Labute approximate surface area is 167 Å². The summed E-state index contributed by atoms with van der Waals surface area (Å²) < 4.78 is 12.2. The molecule has 25 heavy (non-hydrogen) atoms. The SMILES string of the molecule is Cc1ccc(NC(N)=NCC2COC3(CCCCCC3)O2)cc1C.I. The fraction of sp³-hybridized carbons (Fsp3) is 0.632. The summed E-state index contributed by atoms with van der Waals surface area (Å²) >= 11 is 0. The predicted octanol–water partition coefficient (Wildman–Crippen LogP) is 4.11. The molecule has 5 nitrogen and oxygen atoms in total. The van der Waals surface area contributed by atoms with Crippen molar-refractivity contribution in [3.05, 3.63) is 29.3 Å². The lowest BCUT2D eigenvalue weighted by molar-refractivity contribution is -0.174. The summed E-state index contributed by atoms with van der Waals surface area (Å²) in [5.41, 5.74) is 9.47. The molecule has 1 saturated heterocycles. The third-order valence-corrected chi connectivity index (χ3v) is 5.02. The molecule has 0 aromatic heterocycles. The van der Waals surface area contributed by atoms with Gasteiger partial charge in [-0.05, 0) is 49.9 Å². The molecule has 0 radical (unpaired) electrons. The molecular weight excluding hydrogens is 429 g/mol. The smallest absolute Gasteiger partial charge is 0.193 e. The lowest BCUT2D eigenvalue weighted by Crippen LogP contribution is -2.31. The zero-order valence-corrected chi connectivity index (χ0v) is 17.5. The van der Waals surface area contributed by atoms with Gasteiger partial charge in [-0.1, -0.05) is 18.9 Å². The number of ether oxygens (including phenoxy) is 2. The molecule has 6 heteroatoms. The maximum absolute atomic E-state index is 6.19. The summed E-state index contributed by atoms with van der Waals surface area (Å²) in [6.07, 6.45) is 6.95. The van der Waals surface area contributed by atoms with Crippen LogP contribution in [-0.4, -0.2) is 31.0 Å². The largest absolute Gasteiger partial charge is 0.370 e. The standard InChI is InChI=1S/C19H29N3O2.HI/c1-14-7-8-16(11-15(14)2)22-18(20)21-12-17-13-23-19(24-17)9-5-3-4-6-10-19;/h7-8,11,17H,3-6,9-10,12-13H2,1-2H3,(H3,20,21,22);1H. The molecule has 0 amide bonds. The van der Waals surface area contributed by atoms with Gasteiger partial charge in [-0.3, -0.25) is 4.99 Å². The Morgan fingerprint density at radius 3 is 2.60 bits per heavy atom. The number of benzene rings is 1. The minimum atomic E-state index is -0.354. The Bertz CT molecular complexity index is 598. The van der Waals surface area contributed by atoms with E-state index in [0.29, 0.717) is 19.1 Å². The van der Waals surface area contributed by atoms with Gasteiger partial charge in [-0.15, -0.1) is 24.0 Å². The van der Waals surface area contributed by atoms with Crippen LogP contribution in [-0.2, 0) is 9.47 Å². The average Bonchev–Trinajstić information content (AvgIpc) is 2.81. The van der Waals surface area contributed by atoms with E-state index < -0.39 is 0 Å². The van der Waals surface area contributed by atoms with Crippen LogP contribution in [0.5, 0.6) is 0 Å². The molecule has 1 heterocycles. The van der Waals surface area contributed by atoms with Crippen molar-refractivity contribution >= 4 is 35.6 Å². The molecule has 1 aliphatic heterocycles. The minimum Gasteiger partial charge on any atom is -0.370 e. The Morgan fingerprint density at radius 2 is 1.92 bits per heavy atom. The van der Waals surface area contributed by atoms with E-state index in [4.69, 9.17) is 15.2 Å². The number of aliphatic imine (C=N–C) groups is 1. The van der Waals surface area contributed by atoms with Crippen LogP contribution in [0.4, 0.5) is 5.69 Å².